The van der Waals surface area contributed by atoms with Gasteiger partial charge in [0.05, 0.1) is 11.4 Å². The summed E-state index contributed by atoms with van der Waals surface area (Å²) in [4.78, 5) is 14.3. The molecule has 0 amide bonds. The molecule has 0 bridgehead atoms. The van der Waals surface area contributed by atoms with Gasteiger partial charge < -0.3 is 4.42 Å². The van der Waals surface area contributed by atoms with E-state index in [4.69, 9.17) is 14.4 Å². The number of nitrogens with zero attached hydrogens (tertiary/aromatic N) is 3. The van der Waals surface area contributed by atoms with Gasteiger partial charge in [0.2, 0.25) is 0 Å². The van der Waals surface area contributed by atoms with Crippen molar-refractivity contribution in [1.82, 2.24) is 15.0 Å². The second-order valence-corrected chi connectivity index (χ2v) is 10.0. The molecular formula is C33H20BrN3O. The Hall–Kier alpha value is -4.61. The van der Waals surface area contributed by atoms with Gasteiger partial charge in [-0.25, -0.2) is 9.97 Å². The molecule has 0 N–H and O–H groups in total. The van der Waals surface area contributed by atoms with E-state index in [1.807, 2.05) is 66.9 Å². The van der Waals surface area contributed by atoms with Crippen molar-refractivity contribution in [2.75, 3.05) is 0 Å². The van der Waals surface area contributed by atoms with Gasteiger partial charge in [0.25, 0.3) is 0 Å². The molecule has 0 aliphatic heterocycles. The fourth-order valence-electron chi connectivity index (χ4n) is 4.78. The van der Waals surface area contributed by atoms with Gasteiger partial charge in [-0.1, -0.05) is 70.5 Å². The summed E-state index contributed by atoms with van der Waals surface area (Å²) in [6.45, 7) is 0. The number of para-hydroxylation sites is 1. The minimum Gasteiger partial charge on any atom is -0.456 e. The highest BCUT2D eigenvalue weighted by Gasteiger charge is 2.14. The van der Waals surface area contributed by atoms with Crippen molar-refractivity contribution in [1.29, 1.82) is 0 Å². The topological polar surface area (TPSA) is 51.8 Å². The fourth-order valence-corrected chi connectivity index (χ4v) is 5.28. The first-order valence-corrected chi connectivity index (χ1v) is 13.1. The molecule has 0 saturated carbocycles. The molecule has 5 heteroatoms. The lowest BCUT2D eigenvalue weighted by molar-refractivity contribution is 0.669. The molecule has 4 aromatic carbocycles. The predicted molar refractivity (Wildman–Crippen MR) is 157 cm³/mol. The van der Waals surface area contributed by atoms with E-state index in [9.17, 15) is 0 Å². The number of hydrogen-bond acceptors (Lipinski definition) is 4. The van der Waals surface area contributed by atoms with Crippen molar-refractivity contribution in [3.8, 4) is 45.0 Å². The van der Waals surface area contributed by atoms with Crippen molar-refractivity contribution >= 4 is 37.9 Å². The second kappa shape index (κ2) is 9.36. The number of hydrogen-bond donors (Lipinski definition) is 0. The van der Waals surface area contributed by atoms with Gasteiger partial charge in [0, 0.05) is 49.9 Å². The summed E-state index contributed by atoms with van der Waals surface area (Å²) in [5, 5.41) is 2.16. The van der Waals surface area contributed by atoms with Crippen molar-refractivity contribution in [3.63, 3.8) is 0 Å². The molecule has 180 valence electrons. The summed E-state index contributed by atoms with van der Waals surface area (Å²) in [7, 11) is 0. The average Bonchev–Trinajstić information content (AvgIpc) is 3.35. The highest BCUT2D eigenvalue weighted by molar-refractivity contribution is 9.10. The van der Waals surface area contributed by atoms with E-state index >= 15 is 0 Å². The van der Waals surface area contributed by atoms with Crippen molar-refractivity contribution in [3.05, 3.63) is 126 Å². The Morgan fingerprint density at radius 3 is 2.11 bits per heavy atom. The van der Waals surface area contributed by atoms with E-state index in [0.717, 1.165) is 65.6 Å². The van der Waals surface area contributed by atoms with E-state index in [1.165, 1.54) is 0 Å². The van der Waals surface area contributed by atoms with Crippen molar-refractivity contribution in [2.24, 2.45) is 0 Å². The van der Waals surface area contributed by atoms with Gasteiger partial charge in [-0.2, -0.15) is 0 Å². The first-order chi connectivity index (χ1) is 18.7. The fraction of sp³-hybridized carbons (Fsp3) is 0. The molecule has 0 saturated heterocycles. The molecule has 7 aromatic rings. The van der Waals surface area contributed by atoms with Crippen LogP contribution in [0.2, 0.25) is 0 Å². The minimum atomic E-state index is 0.679. The molecular weight excluding hydrogens is 534 g/mol. The molecule has 3 heterocycles. The van der Waals surface area contributed by atoms with Crippen LogP contribution < -0.4 is 0 Å². The normalized spacial score (nSPS) is 11.3. The molecule has 38 heavy (non-hydrogen) atoms. The third-order valence-electron chi connectivity index (χ3n) is 6.62. The van der Waals surface area contributed by atoms with Crippen LogP contribution in [0.25, 0.3) is 67.0 Å². The molecule has 0 radical (unpaired) electrons. The van der Waals surface area contributed by atoms with E-state index < -0.39 is 0 Å². The average molecular weight is 554 g/mol. The quantitative estimate of drug-likeness (QED) is 0.218. The van der Waals surface area contributed by atoms with Gasteiger partial charge in [-0.05, 0) is 60.2 Å². The number of aromatic nitrogens is 3. The number of benzene rings is 4. The Labute approximate surface area is 227 Å². The zero-order valence-corrected chi connectivity index (χ0v) is 21.8. The number of fused-ring (bicyclic) bond motifs is 3. The van der Waals surface area contributed by atoms with Crippen LogP contribution in [0.15, 0.2) is 130 Å². The highest BCUT2D eigenvalue weighted by atomic mass is 79.9. The maximum absolute atomic E-state index is 6.05. The molecule has 0 unspecified atom stereocenters. The summed E-state index contributed by atoms with van der Waals surface area (Å²) in [6, 6.07) is 36.9. The van der Waals surface area contributed by atoms with Crippen LogP contribution in [-0.2, 0) is 0 Å². The van der Waals surface area contributed by atoms with Crippen molar-refractivity contribution < 1.29 is 4.42 Å². The zero-order valence-electron chi connectivity index (χ0n) is 20.2. The van der Waals surface area contributed by atoms with E-state index in [1.54, 1.807) is 6.20 Å². The Morgan fingerprint density at radius 2 is 1.26 bits per heavy atom. The Kier molecular flexibility index (Phi) is 5.56. The molecule has 0 aliphatic rings. The van der Waals surface area contributed by atoms with Gasteiger partial charge in [-0.3, -0.25) is 4.98 Å². The highest BCUT2D eigenvalue weighted by Crippen LogP contribution is 2.35. The molecule has 3 aromatic heterocycles. The molecule has 0 aliphatic carbocycles. The summed E-state index contributed by atoms with van der Waals surface area (Å²) < 4.78 is 7.03. The number of pyridine rings is 1. The standard InChI is InChI=1S/C33H20BrN3O/c34-26-16-24(23-9-6-14-35-20-23)15-25(17-26)30-19-29(36-33(37-30)21-7-2-1-3-8-21)22-12-13-32-28(18-22)27-10-4-5-11-31(27)38-32/h1-20H. The number of furan rings is 1. The lowest BCUT2D eigenvalue weighted by Gasteiger charge is -2.11. The summed E-state index contributed by atoms with van der Waals surface area (Å²) >= 11 is 3.71. The maximum atomic E-state index is 6.05. The second-order valence-electron chi connectivity index (χ2n) is 9.11. The lowest BCUT2D eigenvalue weighted by atomic mass is 10.0. The third kappa shape index (κ3) is 4.17. The Bertz CT molecular complexity index is 1930. The number of halogens is 1. The molecule has 0 fully saturated rings. The van der Waals surface area contributed by atoms with E-state index in [0.29, 0.717) is 5.82 Å². The number of rotatable bonds is 4. The van der Waals surface area contributed by atoms with Crippen LogP contribution in [0.5, 0.6) is 0 Å². The summed E-state index contributed by atoms with van der Waals surface area (Å²) in [5.74, 6) is 0.679. The smallest absolute Gasteiger partial charge is 0.160 e. The SMILES string of the molecule is Brc1cc(-c2cccnc2)cc(-c2cc(-c3ccc4oc5ccccc5c4c3)nc(-c3ccccc3)n2)c1. The summed E-state index contributed by atoms with van der Waals surface area (Å²) in [6.07, 6.45) is 3.65. The predicted octanol–water partition coefficient (Wildman–Crippen LogP) is 9.20. The Balaban J connectivity index is 1.43. The minimum absolute atomic E-state index is 0.679. The van der Waals surface area contributed by atoms with Crippen LogP contribution >= 0.6 is 15.9 Å². The molecule has 4 nitrogen and oxygen atoms in total. The third-order valence-corrected chi connectivity index (χ3v) is 7.08. The van der Waals surface area contributed by atoms with Crippen LogP contribution in [-0.4, -0.2) is 15.0 Å². The van der Waals surface area contributed by atoms with Gasteiger partial charge in [0.15, 0.2) is 5.82 Å². The lowest BCUT2D eigenvalue weighted by Crippen LogP contribution is -1.96. The first kappa shape index (κ1) is 22.6. The monoisotopic (exact) mass is 553 g/mol. The van der Waals surface area contributed by atoms with Crippen LogP contribution in [0.3, 0.4) is 0 Å². The van der Waals surface area contributed by atoms with Gasteiger partial charge in [-0.15, -0.1) is 0 Å². The van der Waals surface area contributed by atoms with Crippen LogP contribution in [0.4, 0.5) is 0 Å². The van der Waals surface area contributed by atoms with Crippen LogP contribution in [0.1, 0.15) is 0 Å². The maximum Gasteiger partial charge on any atom is 0.160 e. The molecule has 0 atom stereocenters. The first-order valence-electron chi connectivity index (χ1n) is 12.3. The van der Waals surface area contributed by atoms with E-state index in [-0.39, 0.29) is 0 Å². The van der Waals surface area contributed by atoms with Crippen molar-refractivity contribution in [2.45, 2.75) is 0 Å². The zero-order chi connectivity index (χ0) is 25.5. The largest absolute Gasteiger partial charge is 0.456 e. The molecule has 0 spiro atoms. The van der Waals surface area contributed by atoms with E-state index in [2.05, 4.69) is 69.4 Å². The van der Waals surface area contributed by atoms with Crippen LogP contribution in [0, 0.1) is 0 Å². The summed E-state index contributed by atoms with van der Waals surface area (Å²) in [5.41, 5.74) is 8.52. The Morgan fingerprint density at radius 1 is 0.526 bits per heavy atom. The van der Waals surface area contributed by atoms with Gasteiger partial charge in [0.1, 0.15) is 11.2 Å². The van der Waals surface area contributed by atoms with Gasteiger partial charge >= 0.3 is 0 Å². The molecule has 7 rings (SSSR count).